The molecule has 0 aliphatic rings. The Morgan fingerprint density at radius 2 is 2.22 bits per heavy atom. The van der Waals surface area contributed by atoms with Gasteiger partial charge in [0.15, 0.2) is 0 Å². The summed E-state index contributed by atoms with van der Waals surface area (Å²) in [5.74, 6) is 0.842. The fourth-order valence-electron chi connectivity index (χ4n) is 1.63. The Balaban J connectivity index is 2.85. The summed E-state index contributed by atoms with van der Waals surface area (Å²) in [4.78, 5) is 12.1. The number of alkyl halides is 1. The Kier molecular flexibility index (Phi) is 6.30. The van der Waals surface area contributed by atoms with Gasteiger partial charge in [-0.2, -0.15) is 0 Å². The van der Waals surface area contributed by atoms with Crippen molar-refractivity contribution in [2.24, 2.45) is 0 Å². The second kappa shape index (κ2) is 7.49. The molecule has 1 amide bonds. The van der Waals surface area contributed by atoms with Gasteiger partial charge in [-0.05, 0) is 31.0 Å². The Bertz CT molecular complexity index is 410. The normalized spacial score (nSPS) is 12.0. The zero-order valence-corrected chi connectivity index (χ0v) is 12.0. The van der Waals surface area contributed by atoms with Crippen LogP contribution in [0.2, 0.25) is 5.02 Å². The first kappa shape index (κ1) is 15.1. The maximum Gasteiger partial charge on any atom is 0.255 e. The number of benzene rings is 1. The Morgan fingerprint density at radius 1 is 1.50 bits per heavy atom. The fourth-order valence-corrected chi connectivity index (χ4v) is 2.07. The molecule has 1 unspecified atom stereocenters. The Morgan fingerprint density at radius 3 is 2.78 bits per heavy atom. The van der Waals surface area contributed by atoms with Gasteiger partial charge in [0.2, 0.25) is 0 Å². The quantitative estimate of drug-likeness (QED) is 0.814. The van der Waals surface area contributed by atoms with E-state index in [0.717, 1.165) is 12.8 Å². The van der Waals surface area contributed by atoms with Gasteiger partial charge in [-0.15, -0.1) is 11.6 Å². The first-order valence-corrected chi connectivity index (χ1v) is 6.74. The summed E-state index contributed by atoms with van der Waals surface area (Å²) in [6.45, 7) is 2.01. The number of carbonyl (C=O) groups excluding carboxylic acids is 1. The van der Waals surface area contributed by atoms with Gasteiger partial charge in [0.1, 0.15) is 5.75 Å². The first-order valence-electron chi connectivity index (χ1n) is 5.82. The van der Waals surface area contributed by atoms with Gasteiger partial charge in [0.25, 0.3) is 5.91 Å². The van der Waals surface area contributed by atoms with Crippen LogP contribution in [-0.4, -0.2) is 24.9 Å². The van der Waals surface area contributed by atoms with Crippen LogP contribution in [0.4, 0.5) is 0 Å². The molecule has 0 fully saturated rings. The number of rotatable bonds is 6. The predicted octanol–water partition coefficient (Wildman–Crippen LogP) is 3.49. The molecule has 100 valence electrons. The molecular weight excluding hydrogens is 273 g/mol. The molecule has 0 saturated heterocycles. The molecule has 1 aromatic carbocycles. The molecule has 1 rings (SSSR count). The number of amides is 1. The summed E-state index contributed by atoms with van der Waals surface area (Å²) in [5.41, 5.74) is 0.443. The van der Waals surface area contributed by atoms with Crippen molar-refractivity contribution in [2.75, 3.05) is 13.0 Å². The van der Waals surface area contributed by atoms with Crippen LogP contribution < -0.4 is 10.1 Å². The third-order valence-corrected chi connectivity index (χ3v) is 3.15. The van der Waals surface area contributed by atoms with E-state index in [1.807, 2.05) is 6.92 Å². The van der Waals surface area contributed by atoms with Crippen molar-refractivity contribution in [3.63, 3.8) is 0 Å². The highest BCUT2D eigenvalue weighted by molar-refractivity contribution is 6.31. The topological polar surface area (TPSA) is 38.3 Å². The summed E-state index contributed by atoms with van der Waals surface area (Å²) in [7, 11) is 1.52. The SMILES string of the molecule is CCC(CCCl)NC(=O)c1cc(Cl)ccc1OC. The van der Waals surface area contributed by atoms with Crippen molar-refractivity contribution in [2.45, 2.75) is 25.8 Å². The van der Waals surface area contributed by atoms with Crippen LogP contribution in [0.5, 0.6) is 5.75 Å². The molecule has 0 aliphatic heterocycles. The van der Waals surface area contributed by atoms with Crippen LogP contribution in [0.1, 0.15) is 30.1 Å². The van der Waals surface area contributed by atoms with E-state index < -0.39 is 0 Å². The van der Waals surface area contributed by atoms with Crippen molar-refractivity contribution >= 4 is 29.1 Å². The van der Waals surface area contributed by atoms with E-state index in [0.29, 0.717) is 22.2 Å². The number of methoxy groups -OCH3 is 1. The molecular formula is C13H17Cl2NO2. The number of carbonyl (C=O) groups is 1. The van der Waals surface area contributed by atoms with Crippen LogP contribution >= 0.6 is 23.2 Å². The Labute approximate surface area is 117 Å². The number of hydrogen-bond acceptors (Lipinski definition) is 2. The van der Waals surface area contributed by atoms with Gasteiger partial charge in [-0.1, -0.05) is 18.5 Å². The van der Waals surface area contributed by atoms with Gasteiger partial charge < -0.3 is 10.1 Å². The summed E-state index contributed by atoms with van der Waals surface area (Å²) >= 11 is 11.6. The van der Waals surface area contributed by atoms with E-state index in [1.54, 1.807) is 18.2 Å². The first-order chi connectivity index (χ1) is 8.62. The lowest BCUT2D eigenvalue weighted by molar-refractivity contribution is 0.0932. The smallest absolute Gasteiger partial charge is 0.255 e. The van der Waals surface area contributed by atoms with Crippen molar-refractivity contribution in [3.8, 4) is 5.75 Å². The molecule has 0 radical (unpaired) electrons. The molecule has 1 N–H and O–H groups in total. The lowest BCUT2D eigenvalue weighted by atomic mass is 10.1. The summed E-state index contributed by atoms with van der Waals surface area (Å²) < 4.78 is 5.15. The molecule has 1 aromatic rings. The van der Waals surface area contributed by atoms with E-state index in [2.05, 4.69) is 5.32 Å². The zero-order chi connectivity index (χ0) is 13.5. The van der Waals surface area contributed by atoms with Gasteiger partial charge in [-0.25, -0.2) is 0 Å². The van der Waals surface area contributed by atoms with E-state index in [9.17, 15) is 4.79 Å². The third kappa shape index (κ3) is 4.07. The molecule has 1 atom stereocenters. The van der Waals surface area contributed by atoms with Crippen molar-refractivity contribution < 1.29 is 9.53 Å². The number of ether oxygens (including phenoxy) is 1. The molecule has 0 aliphatic carbocycles. The van der Waals surface area contributed by atoms with Crippen LogP contribution in [0.3, 0.4) is 0 Å². The standard InChI is InChI=1S/C13H17Cl2NO2/c1-3-10(6-7-14)16-13(17)11-8-9(15)4-5-12(11)18-2/h4-5,8,10H,3,6-7H2,1-2H3,(H,16,17). The van der Waals surface area contributed by atoms with Crippen LogP contribution in [0, 0.1) is 0 Å². The van der Waals surface area contributed by atoms with Gasteiger partial charge >= 0.3 is 0 Å². The zero-order valence-electron chi connectivity index (χ0n) is 10.5. The van der Waals surface area contributed by atoms with Gasteiger partial charge in [-0.3, -0.25) is 4.79 Å². The fraction of sp³-hybridized carbons (Fsp3) is 0.462. The lowest BCUT2D eigenvalue weighted by Crippen LogP contribution is -2.34. The second-order valence-electron chi connectivity index (χ2n) is 3.90. The average Bonchev–Trinajstić information content (AvgIpc) is 2.38. The Hall–Kier alpha value is -0.930. The number of halogens is 2. The number of hydrogen-bond donors (Lipinski definition) is 1. The molecule has 3 nitrogen and oxygen atoms in total. The summed E-state index contributed by atoms with van der Waals surface area (Å²) in [5, 5.41) is 3.43. The molecule has 0 saturated carbocycles. The van der Waals surface area contributed by atoms with E-state index in [1.165, 1.54) is 7.11 Å². The maximum absolute atomic E-state index is 12.1. The molecule has 5 heteroatoms. The maximum atomic E-state index is 12.1. The minimum atomic E-state index is -0.189. The molecule has 0 aromatic heterocycles. The van der Waals surface area contributed by atoms with Gasteiger partial charge in [0, 0.05) is 16.9 Å². The van der Waals surface area contributed by atoms with Crippen molar-refractivity contribution in [1.29, 1.82) is 0 Å². The third-order valence-electron chi connectivity index (χ3n) is 2.69. The summed E-state index contributed by atoms with van der Waals surface area (Å²) in [6.07, 6.45) is 1.58. The van der Waals surface area contributed by atoms with E-state index >= 15 is 0 Å². The average molecular weight is 290 g/mol. The minimum Gasteiger partial charge on any atom is -0.496 e. The molecule has 0 bridgehead atoms. The molecule has 0 heterocycles. The largest absolute Gasteiger partial charge is 0.496 e. The highest BCUT2D eigenvalue weighted by Gasteiger charge is 2.16. The highest BCUT2D eigenvalue weighted by atomic mass is 35.5. The predicted molar refractivity (Wildman–Crippen MR) is 74.9 cm³/mol. The van der Waals surface area contributed by atoms with E-state index in [-0.39, 0.29) is 11.9 Å². The van der Waals surface area contributed by atoms with Gasteiger partial charge in [0.05, 0.1) is 12.7 Å². The second-order valence-corrected chi connectivity index (χ2v) is 4.72. The van der Waals surface area contributed by atoms with Crippen LogP contribution in [0.25, 0.3) is 0 Å². The molecule has 18 heavy (non-hydrogen) atoms. The monoisotopic (exact) mass is 289 g/mol. The lowest BCUT2D eigenvalue weighted by Gasteiger charge is -2.17. The van der Waals surface area contributed by atoms with Crippen molar-refractivity contribution in [3.05, 3.63) is 28.8 Å². The molecule has 0 spiro atoms. The van der Waals surface area contributed by atoms with Crippen molar-refractivity contribution in [1.82, 2.24) is 5.32 Å². The highest BCUT2D eigenvalue weighted by Crippen LogP contribution is 2.22. The summed E-state index contributed by atoms with van der Waals surface area (Å²) in [6, 6.07) is 5.04. The number of nitrogens with one attached hydrogen (secondary N) is 1. The van der Waals surface area contributed by atoms with E-state index in [4.69, 9.17) is 27.9 Å². The van der Waals surface area contributed by atoms with Crippen LogP contribution in [0.15, 0.2) is 18.2 Å². The minimum absolute atomic E-state index is 0.0682. The van der Waals surface area contributed by atoms with Crippen LogP contribution in [-0.2, 0) is 0 Å².